The summed E-state index contributed by atoms with van der Waals surface area (Å²) in [6.45, 7) is 5.82. The molecule has 3 aromatic rings. The van der Waals surface area contributed by atoms with Gasteiger partial charge in [-0.05, 0) is 28.0 Å². The van der Waals surface area contributed by atoms with E-state index in [4.69, 9.17) is 19.3 Å². The van der Waals surface area contributed by atoms with Crippen LogP contribution >= 0.6 is 22.6 Å². The average molecular weight is 661 g/mol. The molecule has 0 bridgehead atoms. The number of benzene rings is 3. The van der Waals surface area contributed by atoms with Crippen molar-refractivity contribution in [3.8, 4) is 0 Å². The third-order valence-electron chi connectivity index (χ3n) is 6.31. The Morgan fingerprint density at radius 3 is 1.68 bits per heavy atom. The van der Waals surface area contributed by atoms with Crippen molar-refractivity contribution in [3.63, 3.8) is 0 Å². The van der Waals surface area contributed by atoms with Gasteiger partial charge in [0.15, 0.2) is 0 Å². The van der Waals surface area contributed by atoms with Crippen molar-refractivity contribution in [2.45, 2.75) is 31.7 Å². The fourth-order valence-corrected chi connectivity index (χ4v) is 4.44. The highest BCUT2D eigenvalue weighted by molar-refractivity contribution is 14.1. The van der Waals surface area contributed by atoms with Gasteiger partial charge in [0.1, 0.15) is 17.8 Å². The number of carbonyl (C=O) groups is 2. The summed E-state index contributed by atoms with van der Waals surface area (Å²) in [5, 5.41) is 11.3. The molecule has 0 spiro atoms. The van der Waals surface area contributed by atoms with Gasteiger partial charge in [-0.2, -0.15) is 0 Å². The van der Waals surface area contributed by atoms with E-state index in [0.29, 0.717) is 19.6 Å². The Morgan fingerprint density at radius 2 is 1.35 bits per heavy atom. The molecule has 2 atom stereocenters. The van der Waals surface area contributed by atoms with Crippen LogP contribution in [0.2, 0.25) is 0 Å². The van der Waals surface area contributed by atoms with E-state index in [2.05, 4.69) is 71.2 Å². The number of cyclic esters (lactones) is 2. The molecule has 9 heteroatoms. The Balaban J connectivity index is 0.000000283. The molecular weight excluding hydrogens is 623 g/mol. The lowest BCUT2D eigenvalue weighted by Crippen LogP contribution is -2.36. The number of amides is 2. The fourth-order valence-electron chi connectivity index (χ4n) is 4.44. The zero-order chi connectivity index (χ0) is 28.8. The first kappa shape index (κ1) is 31.4. The molecule has 2 saturated heterocycles. The number of ether oxygens (including phenoxy) is 3. The SMILES string of the molecule is CCI.CCN1C[C@@H](CO)OC1=O.O=C1NC[C@@H](COC(c2ccccc2)(c2ccccc2)c2ccccc2)O1. The molecule has 0 unspecified atom stereocenters. The number of aliphatic hydroxyl groups is 1. The first-order valence-corrected chi connectivity index (χ1v) is 14.9. The summed E-state index contributed by atoms with van der Waals surface area (Å²) in [5.74, 6) is 0. The van der Waals surface area contributed by atoms with Crippen LogP contribution in [0.3, 0.4) is 0 Å². The zero-order valence-corrected chi connectivity index (χ0v) is 25.0. The molecule has 2 heterocycles. The number of aliphatic hydroxyl groups excluding tert-OH is 1. The lowest BCUT2D eigenvalue weighted by Gasteiger charge is -2.36. The van der Waals surface area contributed by atoms with Crippen LogP contribution in [0.25, 0.3) is 0 Å². The number of nitrogens with zero attached hydrogens (tertiary/aromatic N) is 1. The molecule has 214 valence electrons. The van der Waals surface area contributed by atoms with E-state index in [1.165, 1.54) is 4.43 Å². The van der Waals surface area contributed by atoms with Gasteiger partial charge in [-0.1, -0.05) is 121 Å². The summed E-state index contributed by atoms with van der Waals surface area (Å²) in [5.41, 5.74) is 2.29. The van der Waals surface area contributed by atoms with E-state index in [-0.39, 0.29) is 31.5 Å². The quantitative estimate of drug-likeness (QED) is 0.192. The van der Waals surface area contributed by atoms with Crippen molar-refractivity contribution in [2.24, 2.45) is 0 Å². The van der Waals surface area contributed by atoms with Gasteiger partial charge in [0.05, 0.1) is 26.3 Å². The molecule has 0 saturated carbocycles. The maximum atomic E-state index is 11.4. The molecule has 2 aliphatic rings. The standard InChI is InChI=1S/C23H21NO3.C6H11NO3.C2H5I/c25-22-24-16-21(27-22)17-26-23(18-10-4-1-5-11-18,19-12-6-2-7-13-19)20-14-8-3-9-15-20;1-2-7-3-5(4-8)10-6(7)9;1-2-3/h1-15,21H,16-17H2,(H,24,25);5,8H,2-4H2,1H3;2H2,1H3/t21-;5-;/m00./s1. The number of hydrogen-bond donors (Lipinski definition) is 2. The van der Waals surface area contributed by atoms with E-state index in [9.17, 15) is 9.59 Å². The number of hydrogen-bond acceptors (Lipinski definition) is 6. The first-order chi connectivity index (χ1) is 19.5. The smallest absolute Gasteiger partial charge is 0.410 e. The highest BCUT2D eigenvalue weighted by atomic mass is 127. The second kappa shape index (κ2) is 16.2. The molecular formula is C31H37IN2O6. The molecule has 0 radical (unpaired) electrons. The van der Waals surface area contributed by atoms with Crippen LogP contribution in [0.5, 0.6) is 0 Å². The highest BCUT2D eigenvalue weighted by Gasteiger charge is 2.39. The first-order valence-electron chi connectivity index (χ1n) is 13.4. The van der Waals surface area contributed by atoms with E-state index in [1.54, 1.807) is 4.90 Å². The van der Waals surface area contributed by atoms with Crippen LogP contribution in [-0.4, -0.2) is 71.7 Å². The molecule has 0 aliphatic carbocycles. The van der Waals surface area contributed by atoms with Gasteiger partial charge < -0.3 is 29.5 Å². The minimum atomic E-state index is -0.793. The summed E-state index contributed by atoms with van der Waals surface area (Å²) < 4.78 is 17.9. The number of carbonyl (C=O) groups excluding carboxylic acids is 2. The summed E-state index contributed by atoms with van der Waals surface area (Å²) in [6, 6.07) is 30.5. The second-order valence-electron chi connectivity index (χ2n) is 8.99. The maximum absolute atomic E-state index is 11.4. The monoisotopic (exact) mass is 660 g/mol. The van der Waals surface area contributed by atoms with Crippen LogP contribution in [0.4, 0.5) is 9.59 Å². The van der Waals surface area contributed by atoms with Crippen molar-refractivity contribution >= 4 is 34.8 Å². The summed E-state index contributed by atoms with van der Waals surface area (Å²) in [7, 11) is 0. The number of alkyl carbamates (subject to hydrolysis) is 1. The number of alkyl halides is 1. The number of nitrogens with one attached hydrogen (secondary N) is 1. The Morgan fingerprint density at radius 1 is 0.875 bits per heavy atom. The van der Waals surface area contributed by atoms with Gasteiger partial charge >= 0.3 is 12.2 Å². The van der Waals surface area contributed by atoms with Gasteiger partial charge in [0, 0.05) is 6.54 Å². The van der Waals surface area contributed by atoms with Crippen LogP contribution in [-0.2, 0) is 19.8 Å². The third-order valence-corrected chi connectivity index (χ3v) is 6.31. The summed E-state index contributed by atoms with van der Waals surface area (Å²) in [6.07, 6.45) is -1.34. The van der Waals surface area contributed by atoms with E-state index in [1.807, 2.05) is 61.5 Å². The predicted octanol–water partition coefficient (Wildman–Crippen LogP) is 5.36. The minimum Gasteiger partial charge on any atom is -0.442 e. The van der Waals surface area contributed by atoms with Crippen LogP contribution in [0, 0.1) is 0 Å². The van der Waals surface area contributed by atoms with Crippen molar-refractivity contribution in [3.05, 3.63) is 108 Å². The molecule has 8 nitrogen and oxygen atoms in total. The molecule has 2 aliphatic heterocycles. The van der Waals surface area contributed by atoms with Gasteiger partial charge in [-0.15, -0.1) is 0 Å². The fraction of sp³-hybridized carbons (Fsp3) is 0.355. The zero-order valence-electron chi connectivity index (χ0n) is 22.9. The number of likely N-dealkylation sites (N-methyl/N-ethyl adjacent to an activating group) is 1. The predicted molar refractivity (Wildman–Crippen MR) is 163 cm³/mol. The van der Waals surface area contributed by atoms with Gasteiger partial charge in [0.25, 0.3) is 0 Å². The Hall–Kier alpha value is -3.15. The van der Waals surface area contributed by atoms with E-state index >= 15 is 0 Å². The lowest BCUT2D eigenvalue weighted by molar-refractivity contribution is -0.0296. The number of halogens is 1. The third kappa shape index (κ3) is 8.18. The van der Waals surface area contributed by atoms with Crippen molar-refractivity contribution in [1.82, 2.24) is 10.2 Å². The molecule has 3 aromatic carbocycles. The average Bonchev–Trinajstić information content (AvgIpc) is 3.60. The minimum absolute atomic E-state index is 0.0811. The molecule has 5 rings (SSSR count). The highest BCUT2D eigenvalue weighted by Crippen LogP contribution is 2.40. The normalized spacial score (nSPS) is 17.9. The van der Waals surface area contributed by atoms with Crippen molar-refractivity contribution in [1.29, 1.82) is 0 Å². The molecule has 0 aromatic heterocycles. The van der Waals surface area contributed by atoms with Gasteiger partial charge in [0.2, 0.25) is 0 Å². The molecule has 2 amide bonds. The Kier molecular flexibility index (Phi) is 12.7. The van der Waals surface area contributed by atoms with Crippen molar-refractivity contribution in [2.75, 3.05) is 37.3 Å². The Labute approximate surface area is 249 Å². The van der Waals surface area contributed by atoms with Gasteiger partial charge in [-0.3, -0.25) is 0 Å². The van der Waals surface area contributed by atoms with Gasteiger partial charge in [-0.25, -0.2) is 9.59 Å². The second-order valence-corrected chi connectivity index (χ2v) is 10.5. The molecule has 2 N–H and O–H groups in total. The Bertz CT molecular complexity index is 1070. The van der Waals surface area contributed by atoms with Crippen LogP contribution < -0.4 is 5.32 Å². The summed E-state index contributed by atoms with van der Waals surface area (Å²) >= 11 is 2.29. The van der Waals surface area contributed by atoms with Crippen molar-refractivity contribution < 1.29 is 28.9 Å². The molecule has 2 fully saturated rings. The van der Waals surface area contributed by atoms with E-state index < -0.39 is 11.7 Å². The maximum Gasteiger partial charge on any atom is 0.410 e. The summed E-state index contributed by atoms with van der Waals surface area (Å²) in [4.78, 5) is 23.7. The van der Waals surface area contributed by atoms with Crippen LogP contribution in [0.15, 0.2) is 91.0 Å². The topological polar surface area (TPSA) is 97.3 Å². The largest absolute Gasteiger partial charge is 0.442 e. The lowest BCUT2D eigenvalue weighted by atomic mass is 9.80. The number of rotatable bonds is 8. The molecule has 40 heavy (non-hydrogen) atoms. The van der Waals surface area contributed by atoms with Crippen LogP contribution in [0.1, 0.15) is 30.5 Å². The van der Waals surface area contributed by atoms with E-state index in [0.717, 1.165) is 16.7 Å².